The van der Waals surface area contributed by atoms with E-state index in [4.69, 9.17) is 5.84 Å². The molecular weight excluding hydrogens is 263 g/mol. The molecule has 3 rings (SSSR count). The Morgan fingerprint density at radius 2 is 1.95 bits per heavy atom. The van der Waals surface area contributed by atoms with Crippen molar-refractivity contribution < 1.29 is 4.39 Å². The highest BCUT2D eigenvalue weighted by molar-refractivity contribution is 5.32. The van der Waals surface area contributed by atoms with Gasteiger partial charge in [0.2, 0.25) is 0 Å². The zero-order valence-corrected chi connectivity index (χ0v) is 12.3. The van der Waals surface area contributed by atoms with Gasteiger partial charge >= 0.3 is 0 Å². The van der Waals surface area contributed by atoms with E-state index in [0.717, 1.165) is 24.8 Å². The lowest BCUT2D eigenvalue weighted by molar-refractivity contribution is 0.329. The summed E-state index contributed by atoms with van der Waals surface area (Å²) in [5.74, 6) is 6.08. The minimum atomic E-state index is -0.163. The van der Waals surface area contributed by atoms with Crippen molar-refractivity contribution in [3.05, 3.63) is 70.5 Å². The normalized spacial score (nSPS) is 19.1. The Balaban J connectivity index is 1.86. The maximum Gasteiger partial charge on any atom is 0.126 e. The fourth-order valence-electron chi connectivity index (χ4n) is 3.38. The van der Waals surface area contributed by atoms with E-state index < -0.39 is 0 Å². The molecule has 1 aliphatic carbocycles. The Kier molecular flexibility index (Phi) is 4.04. The molecule has 2 aromatic carbocycles. The van der Waals surface area contributed by atoms with Crippen molar-refractivity contribution in [3.63, 3.8) is 0 Å². The van der Waals surface area contributed by atoms with Crippen LogP contribution in [0.3, 0.4) is 0 Å². The average Bonchev–Trinajstić information content (AvgIpc) is 2.51. The van der Waals surface area contributed by atoms with Crippen molar-refractivity contribution in [2.24, 2.45) is 11.8 Å². The van der Waals surface area contributed by atoms with E-state index in [1.165, 1.54) is 17.2 Å². The predicted octanol–water partition coefficient (Wildman–Crippen LogP) is 3.44. The molecule has 0 saturated carbocycles. The number of nitrogens with two attached hydrogens (primary N) is 1. The third kappa shape index (κ3) is 2.85. The molecule has 0 fully saturated rings. The van der Waals surface area contributed by atoms with Crippen molar-refractivity contribution >= 4 is 0 Å². The number of hydrogen-bond donors (Lipinski definition) is 2. The van der Waals surface area contributed by atoms with Gasteiger partial charge in [0, 0.05) is 6.04 Å². The van der Waals surface area contributed by atoms with Crippen LogP contribution in [0.2, 0.25) is 0 Å². The largest absolute Gasteiger partial charge is 0.271 e. The highest BCUT2D eigenvalue weighted by Gasteiger charge is 2.26. The number of halogens is 1. The van der Waals surface area contributed by atoms with Gasteiger partial charge in [0.25, 0.3) is 0 Å². The molecule has 0 radical (unpaired) electrons. The summed E-state index contributed by atoms with van der Waals surface area (Å²) in [5.41, 5.74) is 7.54. The summed E-state index contributed by atoms with van der Waals surface area (Å²) in [4.78, 5) is 0. The molecule has 21 heavy (non-hydrogen) atoms. The SMILES string of the molecule is Cc1cc(C(NN)C2CCc3ccccc3C2)ccc1F. The second-order valence-corrected chi connectivity index (χ2v) is 5.92. The van der Waals surface area contributed by atoms with Crippen LogP contribution >= 0.6 is 0 Å². The first-order valence-corrected chi connectivity index (χ1v) is 7.48. The van der Waals surface area contributed by atoms with Crippen LogP contribution in [-0.4, -0.2) is 0 Å². The van der Waals surface area contributed by atoms with Crippen LogP contribution in [0.1, 0.15) is 34.7 Å². The van der Waals surface area contributed by atoms with Crippen LogP contribution in [0.5, 0.6) is 0 Å². The molecule has 3 heteroatoms. The van der Waals surface area contributed by atoms with Gasteiger partial charge in [0.15, 0.2) is 0 Å². The van der Waals surface area contributed by atoms with E-state index in [-0.39, 0.29) is 11.9 Å². The van der Waals surface area contributed by atoms with E-state index in [1.54, 1.807) is 6.92 Å². The molecule has 0 bridgehead atoms. The van der Waals surface area contributed by atoms with Gasteiger partial charge in [0.1, 0.15) is 5.82 Å². The molecule has 0 saturated heterocycles. The fraction of sp³-hybridized carbons (Fsp3) is 0.333. The Labute approximate surface area is 125 Å². The number of benzene rings is 2. The lowest BCUT2D eigenvalue weighted by Crippen LogP contribution is -2.36. The first-order valence-electron chi connectivity index (χ1n) is 7.48. The molecule has 110 valence electrons. The van der Waals surface area contributed by atoms with Gasteiger partial charge in [-0.05, 0) is 60.4 Å². The summed E-state index contributed by atoms with van der Waals surface area (Å²) in [5, 5.41) is 0. The number of fused-ring (bicyclic) bond motifs is 1. The molecule has 2 unspecified atom stereocenters. The highest BCUT2D eigenvalue weighted by atomic mass is 19.1. The Morgan fingerprint density at radius 1 is 1.19 bits per heavy atom. The van der Waals surface area contributed by atoms with Crippen LogP contribution < -0.4 is 11.3 Å². The quantitative estimate of drug-likeness (QED) is 0.669. The highest BCUT2D eigenvalue weighted by Crippen LogP contribution is 2.34. The lowest BCUT2D eigenvalue weighted by Gasteiger charge is -2.31. The summed E-state index contributed by atoms with van der Waals surface area (Å²) in [6, 6.07) is 13.9. The second-order valence-electron chi connectivity index (χ2n) is 5.92. The third-order valence-corrected chi connectivity index (χ3v) is 4.58. The van der Waals surface area contributed by atoms with Crippen LogP contribution in [0.4, 0.5) is 4.39 Å². The van der Waals surface area contributed by atoms with E-state index >= 15 is 0 Å². The second kappa shape index (κ2) is 5.96. The van der Waals surface area contributed by atoms with E-state index in [0.29, 0.717) is 11.5 Å². The van der Waals surface area contributed by atoms with Crippen LogP contribution in [0.25, 0.3) is 0 Å². The number of rotatable bonds is 3. The van der Waals surface area contributed by atoms with Gasteiger partial charge in [-0.3, -0.25) is 11.3 Å². The van der Waals surface area contributed by atoms with E-state index in [1.807, 2.05) is 12.1 Å². The summed E-state index contributed by atoms with van der Waals surface area (Å²) in [6.07, 6.45) is 3.20. The van der Waals surface area contributed by atoms with E-state index in [2.05, 4.69) is 29.7 Å². The van der Waals surface area contributed by atoms with Crippen molar-refractivity contribution in [1.29, 1.82) is 0 Å². The minimum absolute atomic E-state index is 0.0673. The van der Waals surface area contributed by atoms with Gasteiger partial charge < -0.3 is 0 Å². The molecule has 1 aliphatic rings. The van der Waals surface area contributed by atoms with Crippen LogP contribution in [-0.2, 0) is 12.8 Å². The standard InChI is InChI=1S/C18H21FN2/c1-12-10-15(8-9-17(12)19)18(21-20)16-7-6-13-4-2-3-5-14(13)11-16/h2-5,8-10,16,18,21H,6-7,11,20H2,1H3. The molecule has 2 nitrogen and oxygen atoms in total. The Bertz CT molecular complexity index is 639. The van der Waals surface area contributed by atoms with Gasteiger partial charge in [0.05, 0.1) is 0 Å². The molecule has 3 N–H and O–H groups in total. The predicted molar refractivity (Wildman–Crippen MR) is 83.2 cm³/mol. The van der Waals surface area contributed by atoms with Crippen molar-refractivity contribution in [2.45, 2.75) is 32.2 Å². The minimum Gasteiger partial charge on any atom is -0.271 e. The van der Waals surface area contributed by atoms with Gasteiger partial charge in [-0.25, -0.2) is 4.39 Å². The summed E-state index contributed by atoms with van der Waals surface area (Å²) in [7, 11) is 0. The molecule has 0 aliphatic heterocycles. The first kappa shape index (κ1) is 14.2. The van der Waals surface area contributed by atoms with Crippen molar-refractivity contribution in [3.8, 4) is 0 Å². The topological polar surface area (TPSA) is 38.0 Å². The van der Waals surface area contributed by atoms with Gasteiger partial charge in [-0.2, -0.15) is 0 Å². The molecule has 0 spiro atoms. The maximum atomic E-state index is 13.5. The van der Waals surface area contributed by atoms with Crippen molar-refractivity contribution in [2.75, 3.05) is 0 Å². The molecule has 0 aromatic heterocycles. The molecule has 0 heterocycles. The smallest absolute Gasteiger partial charge is 0.126 e. The number of hydrazine groups is 1. The summed E-state index contributed by atoms with van der Waals surface area (Å²) >= 11 is 0. The van der Waals surface area contributed by atoms with Gasteiger partial charge in [-0.1, -0.05) is 36.4 Å². The van der Waals surface area contributed by atoms with Crippen LogP contribution in [0.15, 0.2) is 42.5 Å². The molecular formula is C18H21FN2. The number of aryl methyl sites for hydroxylation is 2. The van der Waals surface area contributed by atoms with E-state index in [9.17, 15) is 4.39 Å². The van der Waals surface area contributed by atoms with Gasteiger partial charge in [-0.15, -0.1) is 0 Å². The molecule has 2 aromatic rings. The average molecular weight is 284 g/mol. The maximum absolute atomic E-state index is 13.5. The van der Waals surface area contributed by atoms with Crippen molar-refractivity contribution in [1.82, 2.24) is 5.43 Å². The molecule has 2 atom stereocenters. The number of nitrogens with one attached hydrogen (secondary N) is 1. The summed E-state index contributed by atoms with van der Waals surface area (Å²) < 4.78 is 13.5. The van der Waals surface area contributed by atoms with Crippen LogP contribution in [0, 0.1) is 18.7 Å². The molecule has 0 amide bonds. The summed E-state index contributed by atoms with van der Waals surface area (Å²) in [6.45, 7) is 1.79. The zero-order chi connectivity index (χ0) is 14.8. The lowest BCUT2D eigenvalue weighted by atomic mass is 9.78. The third-order valence-electron chi connectivity index (χ3n) is 4.58. The first-order chi connectivity index (χ1) is 10.2. The Hall–Kier alpha value is -1.71. The Morgan fingerprint density at radius 3 is 2.67 bits per heavy atom. The fourth-order valence-corrected chi connectivity index (χ4v) is 3.38. The zero-order valence-electron chi connectivity index (χ0n) is 12.3. The number of hydrogen-bond acceptors (Lipinski definition) is 2. The monoisotopic (exact) mass is 284 g/mol.